The average Bonchev–Trinajstić information content (AvgIpc) is 2.40. The van der Waals surface area contributed by atoms with Gasteiger partial charge in [0.25, 0.3) is 0 Å². The lowest BCUT2D eigenvalue weighted by Crippen LogP contribution is -1.75. The lowest BCUT2D eigenvalue weighted by atomic mass is 10.1. The summed E-state index contributed by atoms with van der Waals surface area (Å²) in [6.07, 6.45) is 0. The van der Waals surface area contributed by atoms with Crippen molar-refractivity contribution in [1.82, 2.24) is 0 Å². The zero-order chi connectivity index (χ0) is 15.1. The molecule has 0 saturated heterocycles. The summed E-state index contributed by atoms with van der Waals surface area (Å²) in [6.45, 7) is 21.5. The van der Waals surface area contributed by atoms with E-state index in [1.54, 1.807) is 0 Å². The molecule has 4 heteroatoms. The van der Waals surface area contributed by atoms with Crippen LogP contribution in [-0.2, 0) is 0 Å². The van der Waals surface area contributed by atoms with Crippen LogP contribution in [0, 0.1) is 40.8 Å². The summed E-state index contributed by atoms with van der Waals surface area (Å²) >= 11 is 0. The molecule has 0 amide bonds. The highest BCUT2D eigenvalue weighted by Gasteiger charge is 1.98. The minimum atomic E-state index is 0. The van der Waals surface area contributed by atoms with Crippen LogP contribution in [0.15, 0.2) is 36.4 Å². The number of hydrogen-bond donors (Lipinski definition) is 0. The van der Waals surface area contributed by atoms with E-state index in [2.05, 4.69) is 9.69 Å². The van der Waals surface area contributed by atoms with Gasteiger partial charge in [0.2, 0.25) is 0 Å². The van der Waals surface area contributed by atoms with Crippen molar-refractivity contribution in [3.63, 3.8) is 0 Å². The molecule has 0 aliphatic rings. The molecule has 0 bridgehead atoms. The van der Waals surface area contributed by atoms with Crippen LogP contribution in [-0.4, -0.2) is 0 Å². The van der Waals surface area contributed by atoms with E-state index in [9.17, 15) is 0 Å². The predicted octanol–water partition coefficient (Wildman–Crippen LogP) is 6.55. The number of nitrogens with zero attached hydrogens (tertiary/aromatic N) is 2. The quantitative estimate of drug-likeness (QED) is 0.483. The number of para-hydroxylation sites is 2. The summed E-state index contributed by atoms with van der Waals surface area (Å²) in [4.78, 5) is 6.84. The molecule has 2 aromatic carbocycles. The molecule has 0 aromatic heterocycles. The third kappa shape index (κ3) is 5.78. The van der Waals surface area contributed by atoms with Crippen LogP contribution < -0.4 is 0 Å². The van der Waals surface area contributed by atoms with Crippen LogP contribution >= 0.6 is 24.8 Å². The first-order valence-electron chi connectivity index (χ1n) is 6.38. The minimum Gasteiger partial charge on any atom is -0.238 e. The first-order valence-corrected chi connectivity index (χ1v) is 6.38. The molecule has 0 radical (unpaired) electrons. The van der Waals surface area contributed by atoms with Gasteiger partial charge in [0, 0.05) is 0 Å². The third-order valence-electron chi connectivity index (χ3n) is 3.10. The maximum atomic E-state index is 6.85. The Morgan fingerprint density at radius 3 is 0.955 bits per heavy atom. The first kappa shape index (κ1) is 22.3. The van der Waals surface area contributed by atoms with Crippen molar-refractivity contribution in [2.75, 3.05) is 0 Å². The fourth-order valence-corrected chi connectivity index (χ4v) is 1.96. The van der Waals surface area contributed by atoms with E-state index in [0.29, 0.717) is 0 Å². The molecule has 2 aromatic rings. The predicted molar refractivity (Wildman–Crippen MR) is 98.9 cm³/mol. The van der Waals surface area contributed by atoms with Crippen LogP contribution in [0.5, 0.6) is 0 Å². The van der Waals surface area contributed by atoms with Crippen LogP contribution in [0.1, 0.15) is 22.3 Å². The Bertz CT molecular complexity index is 593. The van der Waals surface area contributed by atoms with E-state index in [1.165, 1.54) is 0 Å². The number of aryl methyl sites for hydroxylation is 4. The van der Waals surface area contributed by atoms with E-state index in [1.807, 2.05) is 64.1 Å². The van der Waals surface area contributed by atoms with Crippen LogP contribution in [0.2, 0.25) is 0 Å². The Hall–Kier alpha value is -2.00. The third-order valence-corrected chi connectivity index (χ3v) is 3.10. The first-order chi connectivity index (χ1) is 9.51. The van der Waals surface area contributed by atoms with Crippen LogP contribution in [0.25, 0.3) is 9.69 Å². The molecule has 0 unspecified atom stereocenters. The van der Waals surface area contributed by atoms with Gasteiger partial charge in [-0.25, -0.2) is 9.69 Å². The molecule has 0 N–H and O–H groups in total. The summed E-state index contributed by atoms with van der Waals surface area (Å²) in [5, 5.41) is 0. The zero-order valence-electron chi connectivity index (χ0n) is 13.2. The Balaban J connectivity index is 0. The Morgan fingerprint density at radius 1 is 0.591 bits per heavy atom. The molecule has 0 atom stereocenters. The maximum absolute atomic E-state index is 6.85. The molecular formula is C18H20Cl2N2. The number of hydrogen-bond acceptors (Lipinski definition) is 0. The fourth-order valence-electron chi connectivity index (χ4n) is 1.96. The van der Waals surface area contributed by atoms with Crippen molar-refractivity contribution in [2.24, 2.45) is 0 Å². The summed E-state index contributed by atoms with van der Waals surface area (Å²) in [5.74, 6) is 0. The molecule has 0 fully saturated rings. The summed E-state index contributed by atoms with van der Waals surface area (Å²) < 4.78 is 0. The van der Waals surface area contributed by atoms with Crippen molar-refractivity contribution in [3.05, 3.63) is 81.5 Å². The van der Waals surface area contributed by atoms with Crippen molar-refractivity contribution in [3.8, 4) is 0 Å². The molecule has 116 valence electrons. The summed E-state index contributed by atoms with van der Waals surface area (Å²) in [5.41, 5.74) is 5.85. The topological polar surface area (TPSA) is 8.72 Å². The van der Waals surface area contributed by atoms with E-state index in [0.717, 1.165) is 33.6 Å². The SMILES string of the molecule is Cl.Cl.[C-]#[N+]c1c(C)cccc1C.[C-]#[N+]c1c(C)cccc1C. The van der Waals surface area contributed by atoms with Gasteiger partial charge >= 0.3 is 0 Å². The largest absolute Gasteiger partial charge is 0.238 e. The van der Waals surface area contributed by atoms with Gasteiger partial charge in [-0.3, -0.25) is 0 Å². The van der Waals surface area contributed by atoms with Crippen molar-refractivity contribution >= 4 is 36.2 Å². The molecule has 0 spiro atoms. The molecule has 2 nitrogen and oxygen atoms in total. The minimum absolute atomic E-state index is 0. The molecule has 0 aliphatic carbocycles. The molecule has 2 rings (SSSR count). The van der Waals surface area contributed by atoms with Crippen LogP contribution in [0.3, 0.4) is 0 Å². The van der Waals surface area contributed by atoms with Gasteiger partial charge in [-0.15, -0.1) is 24.8 Å². The van der Waals surface area contributed by atoms with Gasteiger partial charge in [0.05, 0.1) is 13.1 Å². The van der Waals surface area contributed by atoms with E-state index in [4.69, 9.17) is 13.1 Å². The lowest BCUT2D eigenvalue weighted by molar-refractivity contribution is 1.40. The lowest BCUT2D eigenvalue weighted by Gasteiger charge is -1.98. The van der Waals surface area contributed by atoms with Gasteiger partial charge in [0.15, 0.2) is 11.4 Å². The van der Waals surface area contributed by atoms with E-state index >= 15 is 0 Å². The Kier molecular flexibility index (Phi) is 10.8. The molecular weight excluding hydrogens is 315 g/mol. The van der Waals surface area contributed by atoms with Gasteiger partial charge in [0.1, 0.15) is 0 Å². The van der Waals surface area contributed by atoms with Gasteiger partial charge in [-0.1, -0.05) is 36.4 Å². The van der Waals surface area contributed by atoms with Crippen molar-refractivity contribution < 1.29 is 0 Å². The summed E-state index contributed by atoms with van der Waals surface area (Å²) in [6, 6.07) is 11.8. The van der Waals surface area contributed by atoms with Crippen molar-refractivity contribution in [2.45, 2.75) is 27.7 Å². The summed E-state index contributed by atoms with van der Waals surface area (Å²) in [7, 11) is 0. The number of rotatable bonds is 0. The monoisotopic (exact) mass is 334 g/mol. The average molecular weight is 335 g/mol. The van der Waals surface area contributed by atoms with Crippen LogP contribution in [0.4, 0.5) is 11.4 Å². The second-order valence-corrected chi connectivity index (χ2v) is 4.70. The van der Waals surface area contributed by atoms with Gasteiger partial charge in [-0.2, -0.15) is 0 Å². The molecule has 0 saturated carbocycles. The number of benzene rings is 2. The highest BCUT2D eigenvalue weighted by molar-refractivity contribution is 5.85. The maximum Gasteiger partial charge on any atom is 0.193 e. The van der Waals surface area contributed by atoms with Gasteiger partial charge in [-0.05, 0) is 49.9 Å². The molecule has 22 heavy (non-hydrogen) atoms. The fraction of sp³-hybridized carbons (Fsp3) is 0.222. The standard InChI is InChI=1S/2C9H9N.2ClH/c2*1-7-5-4-6-8(2)9(7)10-3;;/h2*4-6H,1-2H3;2*1H. The van der Waals surface area contributed by atoms with E-state index in [-0.39, 0.29) is 24.8 Å². The van der Waals surface area contributed by atoms with E-state index < -0.39 is 0 Å². The highest BCUT2D eigenvalue weighted by atomic mass is 35.5. The highest BCUT2D eigenvalue weighted by Crippen LogP contribution is 2.22. The molecule has 0 aliphatic heterocycles. The normalized spacial score (nSPS) is 8.09. The molecule has 0 heterocycles. The Morgan fingerprint density at radius 2 is 0.818 bits per heavy atom. The smallest absolute Gasteiger partial charge is 0.193 e. The Labute approximate surface area is 145 Å². The van der Waals surface area contributed by atoms with Crippen molar-refractivity contribution in [1.29, 1.82) is 0 Å². The second-order valence-electron chi connectivity index (χ2n) is 4.70. The number of halogens is 2. The van der Waals surface area contributed by atoms with Gasteiger partial charge < -0.3 is 0 Å². The zero-order valence-corrected chi connectivity index (χ0v) is 14.8. The second kappa shape index (κ2) is 10.7.